The Labute approximate surface area is 152 Å². The van der Waals surface area contributed by atoms with Crippen molar-refractivity contribution in [3.8, 4) is 0 Å². The molecule has 2 aliphatic heterocycles. The van der Waals surface area contributed by atoms with Gasteiger partial charge in [-0.05, 0) is 6.42 Å². The number of carbonyl (C=O) groups is 3. The number of hydrogen-bond acceptors (Lipinski definition) is 6. The molecule has 2 aliphatic rings. The number of ether oxygens (including phenoxy) is 2. The van der Waals surface area contributed by atoms with Crippen LogP contribution in [0, 0.1) is 0 Å². The molecule has 8 nitrogen and oxygen atoms in total. The lowest BCUT2D eigenvalue weighted by atomic mass is 10.0. The minimum absolute atomic E-state index is 0.0266. The van der Waals surface area contributed by atoms with Crippen molar-refractivity contribution in [2.24, 2.45) is 0 Å². The summed E-state index contributed by atoms with van der Waals surface area (Å²) in [5.74, 6) is -0.297. The molecule has 25 heavy (non-hydrogen) atoms. The van der Waals surface area contributed by atoms with E-state index in [4.69, 9.17) is 9.47 Å². The summed E-state index contributed by atoms with van der Waals surface area (Å²) in [6, 6.07) is -0.718. The zero-order chi connectivity index (χ0) is 18.4. The van der Waals surface area contributed by atoms with E-state index in [2.05, 4.69) is 31.1 Å². The van der Waals surface area contributed by atoms with Crippen LogP contribution >= 0.6 is 12.6 Å². The topological polar surface area (TPSA) is 88.2 Å². The Morgan fingerprint density at radius 2 is 1.84 bits per heavy atom. The van der Waals surface area contributed by atoms with Crippen LogP contribution in [0.5, 0.6) is 0 Å². The van der Waals surface area contributed by atoms with Crippen LogP contribution in [-0.4, -0.2) is 78.1 Å². The van der Waals surface area contributed by atoms with E-state index >= 15 is 0 Å². The van der Waals surface area contributed by atoms with Gasteiger partial charge in [0.15, 0.2) is 0 Å². The van der Waals surface area contributed by atoms with Crippen molar-refractivity contribution < 1.29 is 23.9 Å². The Balaban J connectivity index is 2.07. The third-order valence-corrected chi connectivity index (χ3v) is 4.40. The van der Waals surface area contributed by atoms with Crippen LogP contribution in [-0.2, 0) is 14.3 Å². The Morgan fingerprint density at radius 1 is 1.20 bits per heavy atom. The minimum Gasteiger partial charge on any atom is -0.445 e. The number of carbonyl (C=O) groups excluding carboxylic acids is 3. The first-order valence-electron chi connectivity index (χ1n) is 8.00. The Morgan fingerprint density at radius 3 is 2.48 bits per heavy atom. The van der Waals surface area contributed by atoms with Gasteiger partial charge in [-0.15, -0.1) is 0 Å². The van der Waals surface area contributed by atoms with Crippen molar-refractivity contribution in [3.63, 3.8) is 0 Å². The lowest BCUT2D eigenvalue weighted by molar-refractivity contribution is -0.125. The van der Waals surface area contributed by atoms with Crippen molar-refractivity contribution in [3.05, 3.63) is 25.3 Å². The number of amides is 3. The van der Waals surface area contributed by atoms with Crippen LogP contribution < -0.4 is 5.32 Å². The first kappa shape index (κ1) is 19.2. The highest BCUT2D eigenvalue weighted by Crippen LogP contribution is 2.26. The third kappa shape index (κ3) is 4.91. The maximum Gasteiger partial charge on any atom is 0.410 e. The predicted molar refractivity (Wildman–Crippen MR) is 94.5 cm³/mol. The lowest BCUT2D eigenvalue weighted by Gasteiger charge is -2.38. The van der Waals surface area contributed by atoms with Crippen molar-refractivity contribution in [2.45, 2.75) is 23.8 Å². The van der Waals surface area contributed by atoms with Gasteiger partial charge >= 0.3 is 12.2 Å². The normalized spacial score (nSPS) is 26.0. The molecule has 138 valence electrons. The highest BCUT2D eigenvalue weighted by Gasteiger charge is 2.43. The van der Waals surface area contributed by atoms with Gasteiger partial charge in [-0.25, -0.2) is 9.59 Å². The van der Waals surface area contributed by atoms with Crippen LogP contribution in [0.3, 0.4) is 0 Å². The predicted octanol–water partition coefficient (Wildman–Crippen LogP) is 0.805. The summed E-state index contributed by atoms with van der Waals surface area (Å²) in [4.78, 5) is 39.1. The van der Waals surface area contributed by atoms with Crippen LogP contribution in [0.25, 0.3) is 0 Å². The van der Waals surface area contributed by atoms with Gasteiger partial charge in [0, 0.05) is 18.3 Å². The van der Waals surface area contributed by atoms with Crippen molar-refractivity contribution in [1.82, 2.24) is 15.1 Å². The van der Waals surface area contributed by atoms with E-state index in [1.807, 2.05) is 0 Å². The van der Waals surface area contributed by atoms with Gasteiger partial charge in [-0.3, -0.25) is 9.69 Å². The molecule has 0 aromatic rings. The van der Waals surface area contributed by atoms with E-state index in [-0.39, 0.29) is 43.5 Å². The molecule has 3 atom stereocenters. The van der Waals surface area contributed by atoms with Crippen molar-refractivity contribution in [2.75, 3.05) is 32.8 Å². The molecule has 2 saturated heterocycles. The number of hydrogen-bond donors (Lipinski definition) is 2. The van der Waals surface area contributed by atoms with E-state index in [0.717, 1.165) is 0 Å². The van der Waals surface area contributed by atoms with Crippen LogP contribution in [0.15, 0.2) is 25.3 Å². The molecule has 9 heteroatoms. The zero-order valence-corrected chi connectivity index (χ0v) is 14.8. The van der Waals surface area contributed by atoms with E-state index < -0.39 is 18.2 Å². The molecule has 0 aromatic heterocycles. The van der Waals surface area contributed by atoms with Gasteiger partial charge in [-0.2, -0.15) is 12.6 Å². The summed E-state index contributed by atoms with van der Waals surface area (Å²) >= 11 is 4.45. The molecule has 2 fully saturated rings. The summed E-state index contributed by atoms with van der Waals surface area (Å²) in [7, 11) is 0. The molecule has 2 heterocycles. The Hall–Kier alpha value is -2.16. The fourth-order valence-electron chi connectivity index (χ4n) is 3.00. The van der Waals surface area contributed by atoms with Crippen molar-refractivity contribution >= 4 is 30.7 Å². The highest BCUT2D eigenvalue weighted by atomic mass is 32.1. The Kier molecular flexibility index (Phi) is 6.74. The molecule has 0 radical (unpaired) electrons. The summed E-state index contributed by atoms with van der Waals surface area (Å²) < 4.78 is 10.1. The second-order valence-corrected chi connectivity index (χ2v) is 6.63. The summed E-state index contributed by atoms with van der Waals surface area (Å²) in [6.45, 7) is 7.76. The van der Waals surface area contributed by atoms with E-state index in [1.54, 1.807) is 4.90 Å². The van der Waals surface area contributed by atoms with Crippen LogP contribution in [0.4, 0.5) is 9.59 Å². The smallest absolute Gasteiger partial charge is 0.410 e. The molecule has 0 bridgehead atoms. The molecule has 0 saturated carbocycles. The molecule has 0 aromatic carbocycles. The molecule has 1 unspecified atom stereocenters. The fourth-order valence-corrected chi connectivity index (χ4v) is 3.39. The standard InChI is InChI=1S/C16H23N3O5S/c1-3-5-23-15(21)18-9-12(17-14(20)10-18)13-7-11(25)8-19(13)16(22)24-6-4-2/h3-4,11-13,25H,1-2,5-10H2,(H,17,20)/t11-,12?,13-/m0/s1. The summed E-state index contributed by atoms with van der Waals surface area (Å²) in [5, 5.41) is 2.82. The van der Waals surface area contributed by atoms with Gasteiger partial charge in [0.25, 0.3) is 0 Å². The largest absolute Gasteiger partial charge is 0.445 e. The first-order valence-corrected chi connectivity index (χ1v) is 8.52. The lowest BCUT2D eigenvalue weighted by Crippen LogP contribution is -2.62. The molecular weight excluding hydrogens is 346 g/mol. The molecule has 2 rings (SSSR count). The van der Waals surface area contributed by atoms with Gasteiger partial charge < -0.3 is 19.7 Å². The minimum atomic E-state index is -0.582. The SMILES string of the molecule is C=CCOC(=O)N1CC(=O)NC([C@@H]2C[C@H](S)CN2C(=O)OCC=C)C1. The summed E-state index contributed by atoms with van der Waals surface area (Å²) in [6.07, 6.45) is 2.47. The van der Waals surface area contributed by atoms with Gasteiger partial charge in [0.1, 0.15) is 19.8 Å². The number of rotatable bonds is 5. The van der Waals surface area contributed by atoms with E-state index in [1.165, 1.54) is 17.1 Å². The number of thiol groups is 1. The van der Waals surface area contributed by atoms with Gasteiger partial charge in [0.2, 0.25) is 5.91 Å². The number of likely N-dealkylation sites (tertiary alicyclic amines) is 1. The fraction of sp³-hybridized carbons (Fsp3) is 0.562. The van der Waals surface area contributed by atoms with Crippen LogP contribution in [0.2, 0.25) is 0 Å². The maximum atomic E-state index is 12.2. The molecular formula is C16H23N3O5S. The monoisotopic (exact) mass is 369 g/mol. The number of nitrogens with zero attached hydrogens (tertiary/aromatic N) is 2. The zero-order valence-electron chi connectivity index (χ0n) is 13.9. The van der Waals surface area contributed by atoms with E-state index in [0.29, 0.717) is 13.0 Å². The second-order valence-electron chi connectivity index (χ2n) is 5.89. The Bertz CT molecular complexity index is 556. The first-order chi connectivity index (χ1) is 12.0. The quantitative estimate of drug-likeness (QED) is 0.553. The molecule has 0 aliphatic carbocycles. The van der Waals surface area contributed by atoms with Crippen molar-refractivity contribution in [1.29, 1.82) is 0 Å². The summed E-state index contributed by atoms with van der Waals surface area (Å²) in [5.41, 5.74) is 0. The molecule has 3 amide bonds. The average molecular weight is 369 g/mol. The van der Waals surface area contributed by atoms with Crippen LogP contribution in [0.1, 0.15) is 6.42 Å². The maximum absolute atomic E-state index is 12.2. The highest BCUT2D eigenvalue weighted by molar-refractivity contribution is 7.81. The number of piperazine rings is 1. The van der Waals surface area contributed by atoms with Gasteiger partial charge in [0.05, 0.1) is 12.1 Å². The average Bonchev–Trinajstić information content (AvgIpc) is 2.99. The number of nitrogens with one attached hydrogen (secondary N) is 1. The third-order valence-electron chi connectivity index (χ3n) is 4.03. The van der Waals surface area contributed by atoms with E-state index in [9.17, 15) is 14.4 Å². The van der Waals surface area contributed by atoms with Gasteiger partial charge in [-0.1, -0.05) is 25.3 Å². The second kappa shape index (κ2) is 8.80. The molecule has 1 N–H and O–H groups in total. The molecule has 0 spiro atoms.